The fraction of sp³-hybridized carbons (Fsp3) is 0.273. The lowest BCUT2D eigenvalue weighted by molar-refractivity contribution is 0.0596. The van der Waals surface area contributed by atoms with E-state index in [4.69, 9.17) is 0 Å². The van der Waals surface area contributed by atoms with E-state index in [1.807, 2.05) is 0 Å². The number of rotatable bonds is 5. The number of benzene rings is 1. The van der Waals surface area contributed by atoms with Gasteiger partial charge in [-0.2, -0.15) is 5.21 Å². The highest BCUT2D eigenvalue weighted by Crippen LogP contribution is 2.18. The maximum absolute atomic E-state index is 12.4. The van der Waals surface area contributed by atoms with Crippen LogP contribution in [-0.4, -0.2) is 42.1 Å². The molecule has 0 saturated carbocycles. The molecular formula is C11H13N5O4S. The highest BCUT2D eigenvalue weighted by Gasteiger charge is 2.25. The molecule has 0 fully saturated rings. The lowest BCUT2D eigenvalue weighted by Crippen LogP contribution is -2.29. The fourth-order valence-corrected chi connectivity index (χ4v) is 3.08. The molecular weight excluding hydrogens is 298 g/mol. The molecule has 2 N–H and O–H groups in total. The van der Waals surface area contributed by atoms with Crippen LogP contribution >= 0.6 is 0 Å². The fourth-order valence-electron chi connectivity index (χ4n) is 1.68. The highest BCUT2D eigenvalue weighted by molar-refractivity contribution is 7.89. The van der Waals surface area contributed by atoms with Crippen molar-refractivity contribution in [1.82, 2.24) is 25.3 Å². The van der Waals surface area contributed by atoms with Crippen LogP contribution in [0, 0.1) is 0 Å². The van der Waals surface area contributed by atoms with E-state index in [2.05, 4.69) is 30.1 Å². The van der Waals surface area contributed by atoms with Crippen LogP contribution in [0.25, 0.3) is 0 Å². The number of carbonyl (C=O) groups is 1. The van der Waals surface area contributed by atoms with Gasteiger partial charge in [-0.05, 0) is 19.1 Å². The number of ether oxygens (including phenoxy) is 1. The van der Waals surface area contributed by atoms with Crippen molar-refractivity contribution in [2.45, 2.75) is 17.9 Å². The van der Waals surface area contributed by atoms with E-state index in [9.17, 15) is 13.2 Å². The number of sulfonamides is 1. The molecule has 0 aliphatic heterocycles. The minimum Gasteiger partial charge on any atom is -0.465 e. The summed E-state index contributed by atoms with van der Waals surface area (Å²) in [5, 5.41) is 13.0. The van der Waals surface area contributed by atoms with Gasteiger partial charge in [-0.15, -0.1) is 10.2 Å². The van der Waals surface area contributed by atoms with E-state index in [0.717, 1.165) is 0 Å². The molecule has 2 rings (SSSR count). The maximum atomic E-state index is 12.4. The van der Waals surface area contributed by atoms with Gasteiger partial charge in [-0.25, -0.2) is 17.9 Å². The first-order chi connectivity index (χ1) is 9.95. The third-order valence-electron chi connectivity index (χ3n) is 2.66. The van der Waals surface area contributed by atoms with E-state index in [1.165, 1.54) is 25.3 Å². The van der Waals surface area contributed by atoms with Gasteiger partial charge in [0.1, 0.15) is 0 Å². The van der Waals surface area contributed by atoms with Gasteiger partial charge in [-0.1, -0.05) is 17.3 Å². The van der Waals surface area contributed by atoms with Crippen molar-refractivity contribution in [3.63, 3.8) is 0 Å². The number of hydrogen-bond donors (Lipinski definition) is 2. The molecule has 1 atom stereocenters. The number of esters is 1. The van der Waals surface area contributed by atoms with Crippen LogP contribution in [0.5, 0.6) is 0 Å². The Kier molecular flexibility index (Phi) is 4.29. The Hall–Kier alpha value is -2.33. The zero-order chi connectivity index (χ0) is 15.5. The standard InChI is InChI=1S/C11H13N5O4S/c1-7(10-12-15-16-13-10)14-21(18,19)9-6-4-3-5-8(9)11(17)20-2/h3-7,14H,1-2H3,(H,12,13,15,16). The van der Waals surface area contributed by atoms with Crippen LogP contribution in [0.1, 0.15) is 29.1 Å². The molecule has 10 heteroatoms. The largest absolute Gasteiger partial charge is 0.465 e. The van der Waals surface area contributed by atoms with Crippen LogP contribution in [0.4, 0.5) is 0 Å². The van der Waals surface area contributed by atoms with Crippen molar-refractivity contribution in [3.05, 3.63) is 35.7 Å². The Balaban J connectivity index is 2.34. The third kappa shape index (κ3) is 3.23. The number of aromatic amines is 1. The number of carbonyl (C=O) groups excluding carboxylic acids is 1. The summed E-state index contributed by atoms with van der Waals surface area (Å²) in [5.74, 6) is -0.544. The first kappa shape index (κ1) is 15.1. The molecule has 0 radical (unpaired) electrons. The Morgan fingerprint density at radius 1 is 1.38 bits per heavy atom. The number of H-pyrrole nitrogens is 1. The molecule has 9 nitrogen and oxygen atoms in total. The van der Waals surface area contributed by atoms with Gasteiger partial charge >= 0.3 is 5.97 Å². The topological polar surface area (TPSA) is 127 Å². The Labute approximate surface area is 120 Å². The minimum absolute atomic E-state index is 0.0483. The summed E-state index contributed by atoms with van der Waals surface area (Å²) >= 11 is 0. The number of aromatic nitrogens is 4. The lowest BCUT2D eigenvalue weighted by atomic mass is 10.2. The van der Waals surface area contributed by atoms with Gasteiger partial charge < -0.3 is 4.74 Å². The number of methoxy groups -OCH3 is 1. The Bertz CT molecular complexity index is 729. The summed E-state index contributed by atoms with van der Waals surface area (Å²) < 4.78 is 31.7. The average molecular weight is 311 g/mol. The number of hydrogen-bond acceptors (Lipinski definition) is 7. The van der Waals surface area contributed by atoms with Crippen LogP contribution < -0.4 is 4.72 Å². The van der Waals surface area contributed by atoms with E-state index in [1.54, 1.807) is 13.0 Å². The molecule has 1 aromatic heterocycles. The molecule has 1 unspecified atom stereocenters. The first-order valence-corrected chi connectivity index (χ1v) is 7.37. The minimum atomic E-state index is -3.94. The summed E-state index contributed by atoms with van der Waals surface area (Å²) in [6.07, 6.45) is 0. The van der Waals surface area contributed by atoms with Gasteiger partial charge in [0, 0.05) is 0 Å². The van der Waals surface area contributed by atoms with Crippen molar-refractivity contribution >= 4 is 16.0 Å². The summed E-state index contributed by atoms with van der Waals surface area (Å²) in [7, 11) is -2.76. The van der Waals surface area contributed by atoms with Gasteiger partial charge in [0.2, 0.25) is 10.0 Å². The summed E-state index contributed by atoms with van der Waals surface area (Å²) in [4.78, 5) is 11.5. The van der Waals surface area contributed by atoms with Crippen LogP contribution in [0.3, 0.4) is 0 Å². The van der Waals surface area contributed by atoms with Crippen molar-refractivity contribution in [3.8, 4) is 0 Å². The second-order valence-electron chi connectivity index (χ2n) is 4.10. The van der Waals surface area contributed by atoms with E-state index >= 15 is 0 Å². The van der Waals surface area contributed by atoms with E-state index < -0.39 is 22.0 Å². The van der Waals surface area contributed by atoms with Crippen LogP contribution in [0.15, 0.2) is 29.2 Å². The quantitative estimate of drug-likeness (QED) is 0.745. The summed E-state index contributed by atoms with van der Waals surface area (Å²) in [6.45, 7) is 1.56. The van der Waals surface area contributed by atoms with Crippen molar-refractivity contribution in [2.75, 3.05) is 7.11 Å². The van der Waals surface area contributed by atoms with E-state index in [-0.39, 0.29) is 16.3 Å². The molecule has 0 amide bonds. The predicted molar refractivity (Wildman–Crippen MR) is 70.7 cm³/mol. The van der Waals surface area contributed by atoms with Gasteiger partial charge in [-0.3, -0.25) is 0 Å². The monoisotopic (exact) mass is 311 g/mol. The summed E-state index contributed by atoms with van der Waals surface area (Å²) in [6, 6.07) is 5.05. The van der Waals surface area contributed by atoms with Crippen molar-refractivity contribution < 1.29 is 17.9 Å². The second kappa shape index (κ2) is 5.97. The lowest BCUT2D eigenvalue weighted by Gasteiger charge is -2.13. The molecule has 1 aromatic carbocycles. The molecule has 0 saturated heterocycles. The first-order valence-electron chi connectivity index (χ1n) is 5.88. The molecule has 0 aliphatic carbocycles. The molecule has 112 valence electrons. The van der Waals surface area contributed by atoms with Crippen molar-refractivity contribution in [2.24, 2.45) is 0 Å². The average Bonchev–Trinajstić information content (AvgIpc) is 3.00. The normalized spacial score (nSPS) is 12.9. The van der Waals surface area contributed by atoms with Crippen LogP contribution in [-0.2, 0) is 14.8 Å². The van der Waals surface area contributed by atoms with Gasteiger partial charge in [0.25, 0.3) is 0 Å². The van der Waals surface area contributed by atoms with Crippen molar-refractivity contribution in [1.29, 1.82) is 0 Å². The Morgan fingerprint density at radius 3 is 2.71 bits per heavy atom. The maximum Gasteiger partial charge on any atom is 0.339 e. The summed E-state index contributed by atoms with van der Waals surface area (Å²) in [5.41, 5.74) is -0.0483. The number of tetrazole rings is 1. The van der Waals surface area contributed by atoms with Gasteiger partial charge in [0.05, 0.1) is 23.6 Å². The highest BCUT2D eigenvalue weighted by atomic mass is 32.2. The van der Waals surface area contributed by atoms with E-state index in [0.29, 0.717) is 0 Å². The molecule has 1 heterocycles. The molecule has 21 heavy (non-hydrogen) atoms. The second-order valence-corrected chi connectivity index (χ2v) is 5.78. The number of nitrogens with one attached hydrogen (secondary N) is 2. The van der Waals surface area contributed by atoms with Crippen LogP contribution in [0.2, 0.25) is 0 Å². The third-order valence-corrected chi connectivity index (χ3v) is 4.26. The Morgan fingerprint density at radius 2 is 2.10 bits per heavy atom. The molecule has 0 spiro atoms. The SMILES string of the molecule is COC(=O)c1ccccc1S(=O)(=O)NC(C)c1nn[nH]n1. The molecule has 0 aliphatic rings. The zero-order valence-corrected chi connectivity index (χ0v) is 12.1. The smallest absolute Gasteiger partial charge is 0.339 e. The molecule has 0 bridgehead atoms. The number of nitrogens with zero attached hydrogens (tertiary/aromatic N) is 3. The zero-order valence-electron chi connectivity index (χ0n) is 11.3. The molecule has 2 aromatic rings. The van der Waals surface area contributed by atoms with Gasteiger partial charge in [0.15, 0.2) is 5.82 Å². The predicted octanol–water partition coefficient (Wildman–Crippen LogP) is 0.0258.